The highest BCUT2D eigenvalue weighted by atomic mass is 32.2. The van der Waals surface area contributed by atoms with Gasteiger partial charge < -0.3 is 10.0 Å². The predicted octanol–water partition coefficient (Wildman–Crippen LogP) is 0.935. The average Bonchev–Trinajstić information content (AvgIpc) is 2.90. The van der Waals surface area contributed by atoms with Crippen LogP contribution in [-0.2, 0) is 14.8 Å². The van der Waals surface area contributed by atoms with Crippen molar-refractivity contribution in [1.29, 1.82) is 0 Å². The molecular formula is C12H18N2O5S2. The van der Waals surface area contributed by atoms with Crippen molar-refractivity contribution in [3.05, 3.63) is 16.3 Å². The van der Waals surface area contributed by atoms with Crippen LogP contribution in [0.15, 0.2) is 16.3 Å². The number of carbonyl (C=O) groups is 2. The summed E-state index contributed by atoms with van der Waals surface area (Å²) in [4.78, 5) is 24.1. The first-order valence-corrected chi connectivity index (χ1v) is 8.61. The standard InChI is InChI=1S/C12H18N2O5S2/c1-4-14(5-2)11(15)7-13(3)21(18,19)9-6-10(12(16)17)20-8-9/h6,8H,4-5,7H2,1-3H3,(H,16,17). The molecule has 9 heteroatoms. The second kappa shape index (κ2) is 7.01. The van der Waals surface area contributed by atoms with Crippen molar-refractivity contribution in [1.82, 2.24) is 9.21 Å². The number of aromatic carboxylic acids is 1. The van der Waals surface area contributed by atoms with Gasteiger partial charge in [0.15, 0.2) is 0 Å². The number of nitrogens with zero attached hydrogens (tertiary/aromatic N) is 2. The highest BCUT2D eigenvalue weighted by molar-refractivity contribution is 7.89. The van der Waals surface area contributed by atoms with Crippen molar-refractivity contribution in [2.75, 3.05) is 26.7 Å². The average molecular weight is 334 g/mol. The first kappa shape index (κ1) is 17.6. The summed E-state index contributed by atoms with van der Waals surface area (Å²) in [6.07, 6.45) is 0. The maximum Gasteiger partial charge on any atom is 0.345 e. The van der Waals surface area contributed by atoms with E-state index >= 15 is 0 Å². The van der Waals surface area contributed by atoms with Crippen LogP contribution in [0, 0.1) is 0 Å². The molecule has 1 rings (SSSR count). The topological polar surface area (TPSA) is 95.0 Å². The third-order valence-corrected chi connectivity index (χ3v) is 5.82. The molecule has 0 aliphatic rings. The van der Waals surface area contributed by atoms with Crippen molar-refractivity contribution in [3.8, 4) is 0 Å². The first-order chi connectivity index (χ1) is 9.73. The zero-order valence-electron chi connectivity index (χ0n) is 12.1. The van der Waals surface area contributed by atoms with Crippen LogP contribution < -0.4 is 0 Å². The van der Waals surface area contributed by atoms with Gasteiger partial charge in [-0.1, -0.05) is 0 Å². The second-order valence-electron chi connectivity index (χ2n) is 4.28. The summed E-state index contributed by atoms with van der Waals surface area (Å²) in [5, 5.41) is 10.1. The van der Waals surface area contributed by atoms with Gasteiger partial charge >= 0.3 is 5.97 Å². The lowest BCUT2D eigenvalue weighted by Crippen LogP contribution is -2.40. The lowest BCUT2D eigenvalue weighted by molar-refractivity contribution is -0.130. The van der Waals surface area contributed by atoms with Gasteiger partial charge in [-0.25, -0.2) is 13.2 Å². The van der Waals surface area contributed by atoms with Gasteiger partial charge in [-0.2, -0.15) is 4.31 Å². The van der Waals surface area contributed by atoms with E-state index in [1.165, 1.54) is 17.3 Å². The van der Waals surface area contributed by atoms with Gasteiger partial charge in [-0.3, -0.25) is 4.79 Å². The van der Waals surface area contributed by atoms with Crippen LogP contribution in [0.25, 0.3) is 0 Å². The molecule has 21 heavy (non-hydrogen) atoms. The van der Waals surface area contributed by atoms with E-state index in [1.807, 2.05) is 13.8 Å². The van der Waals surface area contributed by atoms with E-state index in [2.05, 4.69) is 0 Å². The normalized spacial score (nSPS) is 11.6. The van der Waals surface area contributed by atoms with E-state index < -0.39 is 16.0 Å². The largest absolute Gasteiger partial charge is 0.477 e. The molecule has 0 radical (unpaired) electrons. The minimum absolute atomic E-state index is 0.0583. The number of sulfonamides is 1. The Balaban J connectivity index is 2.91. The summed E-state index contributed by atoms with van der Waals surface area (Å²) in [6, 6.07) is 1.10. The summed E-state index contributed by atoms with van der Waals surface area (Å²) < 4.78 is 25.5. The molecule has 1 heterocycles. The molecule has 0 saturated carbocycles. The minimum Gasteiger partial charge on any atom is -0.477 e. The Morgan fingerprint density at radius 1 is 1.29 bits per heavy atom. The smallest absolute Gasteiger partial charge is 0.345 e. The van der Waals surface area contributed by atoms with Crippen LogP contribution in [0.5, 0.6) is 0 Å². The monoisotopic (exact) mass is 334 g/mol. The van der Waals surface area contributed by atoms with Crippen molar-refractivity contribution in [2.45, 2.75) is 18.7 Å². The molecule has 1 N–H and O–H groups in total. The van der Waals surface area contributed by atoms with Crippen LogP contribution in [0.1, 0.15) is 23.5 Å². The number of carboxylic acid groups (broad SMARTS) is 1. The molecular weight excluding hydrogens is 316 g/mol. The Morgan fingerprint density at radius 2 is 1.86 bits per heavy atom. The summed E-state index contributed by atoms with van der Waals surface area (Å²) in [7, 11) is -2.56. The number of rotatable bonds is 7. The van der Waals surface area contributed by atoms with Gasteiger partial charge in [0, 0.05) is 25.5 Å². The van der Waals surface area contributed by atoms with E-state index in [9.17, 15) is 18.0 Å². The van der Waals surface area contributed by atoms with Crippen molar-refractivity contribution in [3.63, 3.8) is 0 Å². The highest BCUT2D eigenvalue weighted by Gasteiger charge is 2.26. The first-order valence-electron chi connectivity index (χ1n) is 6.30. The fraction of sp³-hybridized carbons (Fsp3) is 0.500. The molecule has 0 fully saturated rings. The zero-order chi connectivity index (χ0) is 16.2. The van der Waals surface area contributed by atoms with Crippen molar-refractivity contribution in [2.24, 2.45) is 0 Å². The lowest BCUT2D eigenvalue weighted by atomic mass is 10.4. The minimum atomic E-state index is -3.86. The molecule has 7 nitrogen and oxygen atoms in total. The summed E-state index contributed by atoms with van der Waals surface area (Å²) in [5.74, 6) is -1.47. The van der Waals surface area contributed by atoms with Crippen LogP contribution in [-0.4, -0.2) is 61.3 Å². The van der Waals surface area contributed by atoms with Gasteiger partial charge in [0.25, 0.3) is 0 Å². The van der Waals surface area contributed by atoms with Gasteiger partial charge in [0.2, 0.25) is 15.9 Å². The SMILES string of the molecule is CCN(CC)C(=O)CN(C)S(=O)(=O)c1csc(C(=O)O)c1. The molecule has 0 aromatic carbocycles. The number of thiophene rings is 1. The van der Waals surface area contributed by atoms with Crippen LogP contribution in [0.2, 0.25) is 0 Å². The summed E-state index contributed by atoms with van der Waals surface area (Å²) >= 11 is 0.835. The maximum absolute atomic E-state index is 12.3. The highest BCUT2D eigenvalue weighted by Crippen LogP contribution is 2.22. The van der Waals surface area contributed by atoms with Crippen molar-refractivity contribution < 1.29 is 23.1 Å². The number of amides is 1. The molecule has 0 aliphatic heterocycles. The molecule has 1 amide bonds. The van der Waals surface area contributed by atoms with Gasteiger partial charge in [0.05, 0.1) is 11.4 Å². The molecule has 1 aromatic heterocycles. The Bertz CT molecular complexity index is 619. The molecule has 118 valence electrons. The van der Waals surface area contributed by atoms with Gasteiger partial charge in [0.1, 0.15) is 4.88 Å². The Kier molecular flexibility index (Phi) is 5.87. The summed E-state index contributed by atoms with van der Waals surface area (Å²) in [5.41, 5.74) is 0. The summed E-state index contributed by atoms with van der Waals surface area (Å²) in [6.45, 7) is 4.36. The third-order valence-electron chi connectivity index (χ3n) is 2.97. The van der Waals surface area contributed by atoms with Crippen LogP contribution in [0.4, 0.5) is 0 Å². The molecule has 0 atom stereocenters. The molecule has 1 aromatic rings. The Labute approximate surface area is 127 Å². The number of carbonyl (C=O) groups excluding carboxylic acids is 1. The quantitative estimate of drug-likeness (QED) is 0.800. The number of hydrogen-bond acceptors (Lipinski definition) is 5. The molecule has 0 aliphatic carbocycles. The number of likely N-dealkylation sites (N-methyl/N-ethyl adjacent to an activating group) is 2. The van der Waals surface area contributed by atoms with E-state index in [0.29, 0.717) is 13.1 Å². The fourth-order valence-corrected chi connectivity index (χ4v) is 3.92. The Hall–Kier alpha value is -1.45. The zero-order valence-corrected chi connectivity index (χ0v) is 13.7. The molecule has 0 unspecified atom stereocenters. The fourth-order valence-electron chi connectivity index (χ4n) is 1.70. The van der Waals surface area contributed by atoms with Gasteiger partial charge in [-0.05, 0) is 19.9 Å². The number of carboxylic acids is 1. The second-order valence-corrected chi connectivity index (χ2v) is 7.24. The third kappa shape index (κ3) is 4.02. The molecule has 0 saturated heterocycles. The number of hydrogen-bond donors (Lipinski definition) is 1. The van der Waals surface area contributed by atoms with E-state index in [4.69, 9.17) is 5.11 Å². The maximum atomic E-state index is 12.3. The van der Waals surface area contributed by atoms with E-state index in [1.54, 1.807) is 0 Å². The lowest BCUT2D eigenvalue weighted by Gasteiger charge is -2.22. The van der Waals surface area contributed by atoms with Crippen molar-refractivity contribution >= 4 is 33.2 Å². The Morgan fingerprint density at radius 3 is 2.29 bits per heavy atom. The molecule has 0 bridgehead atoms. The van der Waals surface area contributed by atoms with E-state index in [-0.39, 0.29) is 22.2 Å². The molecule has 0 spiro atoms. The van der Waals surface area contributed by atoms with Crippen LogP contribution in [0.3, 0.4) is 0 Å². The predicted molar refractivity (Wildman–Crippen MR) is 79.0 cm³/mol. The van der Waals surface area contributed by atoms with Crippen LogP contribution >= 0.6 is 11.3 Å². The van der Waals surface area contributed by atoms with E-state index in [0.717, 1.165) is 21.7 Å². The van der Waals surface area contributed by atoms with Gasteiger partial charge in [-0.15, -0.1) is 11.3 Å².